The molecule has 6 nitrogen and oxygen atoms in total. The molecule has 0 spiro atoms. The Balaban J connectivity index is 2.62. The Labute approximate surface area is 140 Å². The van der Waals surface area contributed by atoms with E-state index >= 15 is 0 Å². The molecule has 2 rings (SSSR count). The van der Waals surface area contributed by atoms with Gasteiger partial charge in [-0.2, -0.15) is 9.18 Å². The summed E-state index contributed by atoms with van der Waals surface area (Å²) in [7, 11) is 0. The predicted molar refractivity (Wildman–Crippen MR) is 82.8 cm³/mol. The Morgan fingerprint density at radius 2 is 1.92 bits per heavy atom. The molecular formula is C16H17F3N2O4. The molecular weight excluding hydrogens is 341 g/mol. The van der Waals surface area contributed by atoms with E-state index in [1.54, 1.807) is 20.8 Å². The van der Waals surface area contributed by atoms with Crippen LogP contribution in [0.2, 0.25) is 0 Å². The van der Waals surface area contributed by atoms with E-state index in [2.05, 4.69) is 0 Å². The largest absolute Gasteiger partial charge is 0.480 e. The van der Waals surface area contributed by atoms with Crippen LogP contribution in [0.4, 0.5) is 13.3 Å². The van der Waals surface area contributed by atoms with Gasteiger partial charge in [0.2, 0.25) is 5.95 Å². The third-order valence-corrected chi connectivity index (χ3v) is 3.41. The number of aromatic nitrogens is 1. The smallest absolute Gasteiger partial charge is 0.341 e. The van der Waals surface area contributed by atoms with Crippen LogP contribution in [-0.4, -0.2) is 33.5 Å². The van der Waals surface area contributed by atoms with E-state index < -0.39 is 68.6 Å². The molecule has 136 valence electrons. The normalized spacial score (nSPS) is 13.1. The lowest BCUT2D eigenvalue weighted by atomic mass is 10.0. The zero-order valence-corrected chi connectivity index (χ0v) is 13.8. The van der Waals surface area contributed by atoms with Gasteiger partial charge in [-0.15, -0.1) is 0 Å². The Morgan fingerprint density at radius 3 is 2.44 bits per heavy atom. The molecule has 1 aromatic carbocycles. The minimum atomic E-state index is -1.57. The summed E-state index contributed by atoms with van der Waals surface area (Å²) in [6, 6.07) is 0.420. The Morgan fingerprint density at radius 1 is 1.32 bits per heavy atom. The molecule has 1 aromatic heterocycles. The number of hydrogen-bond acceptors (Lipinski definition) is 4. The third-order valence-electron chi connectivity index (χ3n) is 3.41. The fourth-order valence-corrected chi connectivity index (χ4v) is 2.33. The second-order valence-electron chi connectivity index (χ2n) is 6.52. The zero-order valence-electron chi connectivity index (χ0n) is 13.8. The molecule has 0 amide bonds. The van der Waals surface area contributed by atoms with E-state index in [4.69, 9.17) is 15.6 Å². The predicted octanol–water partition coefficient (Wildman–Crippen LogP) is 2.56. The molecule has 3 N–H and O–H groups in total. The summed E-state index contributed by atoms with van der Waals surface area (Å²) in [5, 5.41) is 8.30. The van der Waals surface area contributed by atoms with Crippen LogP contribution in [0.25, 0.3) is 10.9 Å². The summed E-state index contributed by atoms with van der Waals surface area (Å²) in [6.07, 6.45) is -0.650. The topological polar surface area (TPSA) is 94.6 Å². The molecule has 0 aliphatic carbocycles. The van der Waals surface area contributed by atoms with E-state index in [9.17, 15) is 22.9 Å². The fraction of sp³-hybridized carbons (Fsp3) is 0.375. The van der Waals surface area contributed by atoms with Gasteiger partial charge in [-0.3, -0.25) is 4.79 Å². The number of carboxylic acid groups (broad SMARTS) is 1. The van der Waals surface area contributed by atoms with Gasteiger partial charge in [0.15, 0.2) is 0 Å². The first-order valence-corrected chi connectivity index (χ1v) is 7.33. The second-order valence-corrected chi connectivity index (χ2v) is 6.52. The Hall–Kier alpha value is -2.55. The summed E-state index contributed by atoms with van der Waals surface area (Å²) < 4.78 is 47.8. The maximum absolute atomic E-state index is 14.8. The van der Waals surface area contributed by atoms with Crippen molar-refractivity contribution >= 4 is 22.8 Å². The van der Waals surface area contributed by atoms with Crippen molar-refractivity contribution in [3.05, 3.63) is 35.0 Å². The van der Waals surface area contributed by atoms with E-state index in [-0.39, 0.29) is 0 Å². The lowest BCUT2D eigenvalue weighted by molar-refractivity contribution is -0.138. The second kappa shape index (κ2) is 6.40. The van der Waals surface area contributed by atoms with Gasteiger partial charge in [0.05, 0.1) is 11.1 Å². The molecule has 1 heterocycles. The average molecular weight is 358 g/mol. The number of carbonyl (C=O) groups is 2. The average Bonchev–Trinajstić information content (AvgIpc) is 2.71. The van der Waals surface area contributed by atoms with E-state index in [0.29, 0.717) is 0 Å². The number of halogens is 3. The summed E-state index contributed by atoms with van der Waals surface area (Å²) in [6.45, 7) is 4.74. The minimum Gasteiger partial charge on any atom is -0.480 e. The highest BCUT2D eigenvalue weighted by Crippen LogP contribution is 2.31. The highest BCUT2D eigenvalue weighted by Gasteiger charge is 2.28. The first-order chi connectivity index (χ1) is 11.4. The Kier molecular flexibility index (Phi) is 4.81. The lowest BCUT2D eigenvalue weighted by Crippen LogP contribution is -2.32. The summed E-state index contributed by atoms with van der Waals surface area (Å²) in [5.41, 5.74) is 2.89. The number of aliphatic carboxylic acids is 1. The van der Waals surface area contributed by atoms with Crippen molar-refractivity contribution < 1.29 is 32.7 Å². The van der Waals surface area contributed by atoms with Crippen molar-refractivity contribution in [2.45, 2.75) is 38.8 Å². The summed E-state index contributed by atoms with van der Waals surface area (Å²) >= 11 is 0. The van der Waals surface area contributed by atoms with Crippen molar-refractivity contribution in [3.8, 4) is 0 Å². The van der Waals surface area contributed by atoms with Crippen molar-refractivity contribution in [3.63, 3.8) is 0 Å². The SMILES string of the molecule is CC(C)(C)OC(=O)c1ccc2c(c1F)c(C[C@H](N)C(=O)O)c(F)n2F. The van der Waals surface area contributed by atoms with Gasteiger partial charge >= 0.3 is 11.9 Å². The van der Waals surface area contributed by atoms with E-state index in [1.807, 2.05) is 0 Å². The number of benzene rings is 1. The number of esters is 1. The van der Waals surface area contributed by atoms with Crippen molar-refractivity contribution in [1.29, 1.82) is 0 Å². The number of nitrogens with two attached hydrogens (primary N) is 1. The standard InChI is InChI=1S/C16H17F3N2O4/c1-16(2,3)25-15(24)7-4-5-10-11(12(7)17)8(13(18)21(10)19)6-9(20)14(22)23/h4-5,9H,6,20H2,1-3H3,(H,22,23)/t9-/m0/s1. The minimum absolute atomic E-state index is 0.415. The lowest BCUT2D eigenvalue weighted by Gasteiger charge is -2.19. The fourth-order valence-electron chi connectivity index (χ4n) is 2.33. The van der Waals surface area contributed by atoms with Gasteiger partial charge in [-0.1, -0.05) is 4.48 Å². The maximum atomic E-state index is 14.8. The van der Waals surface area contributed by atoms with Gasteiger partial charge in [0, 0.05) is 17.4 Å². The maximum Gasteiger partial charge on any atom is 0.341 e. The van der Waals surface area contributed by atoms with Crippen LogP contribution in [0, 0.1) is 11.8 Å². The number of nitrogens with zero attached hydrogens (tertiary/aromatic N) is 1. The van der Waals surface area contributed by atoms with E-state index in [1.165, 1.54) is 0 Å². The highest BCUT2D eigenvalue weighted by molar-refractivity contribution is 5.97. The molecule has 25 heavy (non-hydrogen) atoms. The molecule has 0 fully saturated rings. The number of rotatable bonds is 4. The number of fused-ring (bicyclic) bond motifs is 1. The van der Waals surface area contributed by atoms with Gasteiger partial charge in [0.25, 0.3) is 0 Å². The van der Waals surface area contributed by atoms with Gasteiger partial charge < -0.3 is 15.6 Å². The molecule has 0 unspecified atom stereocenters. The number of hydrogen-bond donors (Lipinski definition) is 2. The van der Waals surface area contributed by atoms with Crippen LogP contribution in [0.3, 0.4) is 0 Å². The third kappa shape index (κ3) is 3.60. The molecule has 0 saturated heterocycles. The zero-order chi connectivity index (χ0) is 19.1. The number of ether oxygens (including phenoxy) is 1. The van der Waals surface area contributed by atoms with Crippen LogP contribution in [0.1, 0.15) is 36.7 Å². The first kappa shape index (κ1) is 18.8. The van der Waals surface area contributed by atoms with Gasteiger partial charge in [-0.05, 0) is 32.9 Å². The molecule has 0 aliphatic heterocycles. The molecule has 2 aromatic rings. The van der Waals surface area contributed by atoms with Crippen LogP contribution in [-0.2, 0) is 16.0 Å². The Bertz CT molecular complexity index is 855. The number of carboxylic acids is 1. The van der Waals surface area contributed by atoms with Crippen molar-refractivity contribution in [2.24, 2.45) is 5.73 Å². The monoisotopic (exact) mass is 358 g/mol. The molecule has 1 atom stereocenters. The van der Waals surface area contributed by atoms with Gasteiger partial charge in [0.1, 0.15) is 17.5 Å². The molecule has 0 bridgehead atoms. The molecule has 0 aliphatic rings. The van der Waals surface area contributed by atoms with Crippen molar-refractivity contribution in [1.82, 2.24) is 4.79 Å². The van der Waals surface area contributed by atoms with Crippen molar-refractivity contribution in [2.75, 3.05) is 0 Å². The van der Waals surface area contributed by atoms with Gasteiger partial charge in [-0.25, -0.2) is 9.18 Å². The molecule has 9 heteroatoms. The molecule has 0 radical (unpaired) electrons. The number of carbonyl (C=O) groups excluding carboxylic acids is 1. The quantitative estimate of drug-likeness (QED) is 0.819. The first-order valence-electron chi connectivity index (χ1n) is 7.33. The summed E-state index contributed by atoms with van der Waals surface area (Å²) in [5.74, 6) is -5.13. The van der Waals surface area contributed by atoms with Crippen LogP contribution < -0.4 is 5.73 Å². The van der Waals surface area contributed by atoms with E-state index in [0.717, 1.165) is 12.1 Å². The van der Waals surface area contributed by atoms with Crippen LogP contribution >= 0.6 is 0 Å². The summed E-state index contributed by atoms with van der Waals surface area (Å²) in [4.78, 5) is 22.5. The highest BCUT2D eigenvalue weighted by atomic mass is 19.2. The van der Waals surface area contributed by atoms with Crippen LogP contribution in [0.5, 0.6) is 0 Å². The molecule has 0 saturated carbocycles. The van der Waals surface area contributed by atoms with Crippen LogP contribution in [0.15, 0.2) is 12.1 Å².